The number of halogens is 2. The van der Waals surface area contributed by atoms with Gasteiger partial charge in [0.05, 0.1) is 21.7 Å². The molecule has 1 heterocycles. The Hall–Kier alpha value is -5.44. The third-order valence-corrected chi connectivity index (χ3v) is 9.62. The summed E-state index contributed by atoms with van der Waals surface area (Å²) in [5, 5.41) is 19.8. The maximum atomic E-state index is 14.4. The predicted molar refractivity (Wildman–Crippen MR) is 214 cm³/mol. The summed E-state index contributed by atoms with van der Waals surface area (Å²) in [6.07, 6.45) is -0.0240. The van der Waals surface area contributed by atoms with E-state index in [2.05, 4.69) is 21.3 Å². The van der Waals surface area contributed by atoms with Gasteiger partial charge in [-0.15, -0.1) is 0 Å². The molecule has 4 bridgehead atoms. The number of aryl methyl sites for hydroxylation is 1. The molecule has 5 amide bonds. The summed E-state index contributed by atoms with van der Waals surface area (Å²) < 4.78 is 12.1. The third kappa shape index (κ3) is 11.1. The number of rotatable bonds is 14. The van der Waals surface area contributed by atoms with Crippen molar-refractivity contribution in [3.63, 3.8) is 0 Å². The minimum Gasteiger partial charge on any atom is -0.492 e. The molecule has 0 fully saturated rings. The van der Waals surface area contributed by atoms with Crippen LogP contribution < -0.4 is 47.9 Å². The van der Waals surface area contributed by atoms with Crippen molar-refractivity contribution in [1.29, 1.82) is 5.26 Å². The first-order valence-corrected chi connectivity index (χ1v) is 18.9. The highest BCUT2D eigenvalue weighted by Crippen LogP contribution is 2.40. The molecule has 16 nitrogen and oxygen atoms in total. The van der Waals surface area contributed by atoms with E-state index in [1.54, 1.807) is 55.5 Å². The standard InChI is InChI=1S/C39H47Cl2N9O7/c1-21-16-27(40)33(28(41)17-21)37(53)48-29(8-9-42)39(55)50(3)34-24-5-7-32(57-15-12-45)26(20-24)25-18-23(4-6-31(25)56-14-11-44)19-30(36(52)46-13-10-43)49-35(51)22(2)47-38(34)54/h4-7,16-18,20,22,29-30,34H,8-9,11-15,19,42,44-45H2,1-3H3,(H,46,52)(H,47,54)(H,48,53)(H,49,51)/t22-,29-,30-,34-/m0/s1. The summed E-state index contributed by atoms with van der Waals surface area (Å²) in [6, 6.07) is 10.00. The van der Waals surface area contributed by atoms with Gasteiger partial charge in [-0.2, -0.15) is 5.26 Å². The monoisotopic (exact) mass is 823 g/mol. The van der Waals surface area contributed by atoms with Gasteiger partial charge in [-0.3, -0.25) is 24.0 Å². The van der Waals surface area contributed by atoms with E-state index in [-0.39, 0.29) is 67.8 Å². The summed E-state index contributed by atoms with van der Waals surface area (Å²) >= 11 is 12.8. The van der Waals surface area contributed by atoms with Crippen LogP contribution in [0.4, 0.5) is 0 Å². The number of amides is 5. The van der Waals surface area contributed by atoms with Crippen molar-refractivity contribution in [2.75, 3.05) is 46.4 Å². The largest absolute Gasteiger partial charge is 0.492 e. The fraction of sp³-hybridized carbons (Fsp3) is 0.385. The van der Waals surface area contributed by atoms with Gasteiger partial charge >= 0.3 is 0 Å². The van der Waals surface area contributed by atoms with Crippen molar-refractivity contribution in [3.8, 4) is 28.7 Å². The number of fused-ring (bicyclic) bond motifs is 5. The second-order valence-electron chi connectivity index (χ2n) is 13.3. The van der Waals surface area contributed by atoms with Crippen molar-refractivity contribution in [1.82, 2.24) is 26.2 Å². The molecular weight excluding hydrogens is 777 g/mol. The summed E-state index contributed by atoms with van der Waals surface area (Å²) in [7, 11) is 1.38. The lowest BCUT2D eigenvalue weighted by Gasteiger charge is -2.32. The van der Waals surface area contributed by atoms with Crippen LogP contribution in [0.2, 0.25) is 10.0 Å². The first-order valence-electron chi connectivity index (χ1n) is 18.2. The van der Waals surface area contributed by atoms with Crippen molar-refractivity contribution in [2.24, 2.45) is 17.2 Å². The Kier molecular flexibility index (Phi) is 16.0. The smallest absolute Gasteiger partial charge is 0.254 e. The van der Waals surface area contributed by atoms with E-state index >= 15 is 0 Å². The van der Waals surface area contributed by atoms with Gasteiger partial charge in [-0.05, 0) is 79.9 Å². The van der Waals surface area contributed by atoms with Gasteiger partial charge in [-0.1, -0.05) is 35.3 Å². The molecule has 0 saturated heterocycles. The van der Waals surface area contributed by atoms with Gasteiger partial charge in [0.25, 0.3) is 5.91 Å². The first-order chi connectivity index (χ1) is 27.2. The molecule has 0 aliphatic carbocycles. The highest BCUT2D eigenvalue weighted by atomic mass is 35.5. The van der Waals surface area contributed by atoms with Crippen LogP contribution >= 0.6 is 23.2 Å². The third-order valence-electron chi connectivity index (χ3n) is 9.03. The molecular formula is C39H47Cl2N9O7. The SMILES string of the molecule is Cc1cc(Cl)c(C(=O)N[C@@H](CCN)C(=O)N(C)[C@@H]2C(=O)N[C@@H](C)C(=O)N[C@H](C(=O)NCC#N)Cc3ccc(OCCN)c(c3)-c3cc2ccc3OCCN)c(Cl)c1. The number of nitrogens with zero attached hydrogens (tertiary/aromatic N) is 2. The summed E-state index contributed by atoms with van der Waals surface area (Å²) in [5.41, 5.74) is 20.0. The normalized spacial score (nSPS) is 17.1. The number of hydrogen-bond donors (Lipinski definition) is 7. The molecule has 304 valence electrons. The Balaban J connectivity index is 1.89. The van der Waals surface area contributed by atoms with E-state index in [0.29, 0.717) is 33.8 Å². The number of carbonyl (C=O) groups is 5. The van der Waals surface area contributed by atoms with Gasteiger partial charge in [-0.25, -0.2) is 0 Å². The number of nitriles is 1. The number of ether oxygens (including phenoxy) is 2. The van der Waals surface area contributed by atoms with Crippen molar-refractivity contribution < 1.29 is 33.4 Å². The fourth-order valence-corrected chi connectivity index (χ4v) is 7.04. The minimum absolute atomic E-state index is 0.000350. The van der Waals surface area contributed by atoms with Crippen LogP contribution in [0.15, 0.2) is 48.5 Å². The summed E-state index contributed by atoms with van der Waals surface area (Å²) in [5.74, 6) is -2.78. The maximum Gasteiger partial charge on any atom is 0.254 e. The van der Waals surface area contributed by atoms with Gasteiger partial charge in [0.2, 0.25) is 23.6 Å². The molecule has 1 aliphatic rings. The first kappa shape index (κ1) is 44.3. The highest BCUT2D eigenvalue weighted by Gasteiger charge is 2.36. The minimum atomic E-state index is -1.41. The summed E-state index contributed by atoms with van der Waals surface area (Å²) in [6.45, 7) is 3.52. The lowest BCUT2D eigenvalue weighted by Crippen LogP contribution is -2.56. The van der Waals surface area contributed by atoms with Crippen LogP contribution in [0.1, 0.15) is 46.4 Å². The molecule has 0 aromatic heterocycles. The highest BCUT2D eigenvalue weighted by molar-refractivity contribution is 6.39. The quantitative estimate of drug-likeness (QED) is 0.115. The van der Waals surface area contributed by atoms with E-state index in [0.717, 1.165) is 10.5 Å². The lowest BCUT2D eigenvalue weighted by molar-refractivity contribution is -0.141. The van der Waals surface area contributed by atoms with E-state index in [1.807, 2.05) is 6.07 Å². The second-order valence-corrected chi connectivity index (χ2v) is 14.1. The molecule has 0 unspecified atom stereocenters. The number of hydrogen-bond acceptors (Lipinski definition) is 11. The molecule has 57 heavy (non-hydrogen) atoms. The fourth-order valence-electron chi connectivity index (χ4n) is 6.28. The molecule has 4 atom stereocenters. The zero-order valence-electron chi connectivity index (χ0n) is 31.8. The van der Waals surface area contributed by atoms with Gasteiger partial charge in [0.1, 0.15) is 55.4 Å². The molecule has 3 aromatic carbocycles. The number of carbonyl (C=O) groups excluding carboxylic acids is 5. The number of benzene rings is 3. The Morgan fingerprint density at radius 1 is 0.930 bits per heavy atom. The zero-order chi connectivity index (χ0) is 41.8. The Morgan fingerprint density at radius 2 is 1.54 bits per heavy atom. The predicted octanol–water partition coefficient (Wildman–Crippen LogP) is 1.48. The van der Waals surface area contributed by atoms with Crippen LogP contribution in [0.3, 0.4) is 0 Å². The van der Waals surface area contributed by atoms with Gasteiger partial charge in [0.15, 0.2) is 0 Å². The average Bonchev–Trinajstić information content (AvgIpc) is 3.17. The van der Waals surface area contributed by atoms with E-state index in [1.165, 1.54) is 14.0 Å². The van der Waals surface area contributed by atoms with Crippen molar-refractivity contribution in [2.45, 2.75) is 50.9 Å². The molecule has 18 heteroatoms. The molecule has 3 aromatic rings. The maximum absolute atomic E-state index is 14.4. The Morgan fingerprint density at radius 3 is 2.14 bits per heavy atom. The number of nitrogens with two attached hydrogens (primary N) is 3. The number of likely N-dealkylation sites (N-methyl/N-ethyl adjacent to an activating group) is 1. The van der Waals surface area contributed by atoms with Crippen LogP contribution in [0.5, 0.6) is 11.5 Å². The van der Waals surface area contributed by atoms with Crippen LogP contribution in [-0.2, 0) is 25.6 Å². The Labute approximate surface area is 340 Å². The Bertz CT molecular complexity index is 2000. The van der Waals surface area contributed by atoms with Gasteiger partial charge in [0, 0.05) is 37.7 Å². The topological polar surface area (TPSA) is 257 Å². The van der Waals surface area contributed by atoms with Crippen LogP contribution in [0, 0.1) is 18.3 Å². The molecule has 4 rings (SSSR count). The molecule has 0 saturated carbocycles. The average molecular weight is 825 g/mol. The second kappa shape index (κ2) is 20.6. The van der Waals surface area contributed by atoms with E-state index in [4.69, 9.17) is 55.1 Å². The lowest BCUT2D eigenvalue weighted by atomic mass is 9.93. The van der Waals surface area contributed by atoms with Crippen LogP contribution in [0.25, 0.3) is 11.1 Å². The van der Waals surface area contributed by atoms with Crippen molar-refractivity contribution >= 4 is 52.7 Å². The molecule has 1 aliphatic heterocycles. The number of nitrogens with one attached hydrogen (secondary N) is 4. The van der Waals surface area contributed by atoms with Crippen molar-refractivity contribution in [3.05, 3.63) is 80.8 Å². The molecule has 0 radical (unpaired) electrons. The molecule has 10 N–H and O–H groups in total. The van der Waals surface area contributed by atoms with Gasteiger partial charge < -0.3 is 52.8 Å². The van der Waals surface area contributed by atoms with E-state index < -0.39 is 53.7 Å². The molecule has 0 spiro atoms. The van der Waals surface area contributed by atoms with Crippen LogP contribution in [-0.4, -0.2) is 99.0 Å². The van der Waals surface area contributed by atoms with E-state index in [9.17, 15) is 24.0 Å². The zero-order valence-corrected chi connectivity index (χ0v) is 33.3. The summed E-state index contributed by atoms with van der Waals surface area (Å²) in [4.78, 5) is 70.3.